The zero-order valence-electron chi connectivity index (χ0n) is 11.8. The van der Waals surface area contributed by atoms with Gasteiger partial charge in [-0.25, -0.2) is 15.0 Å². The molecule has 7 heteroatoms. The van der Waals surface area contributed by atoms with Crippen molar-refractivity contribution in [2.45, 2.75) is 12.3 Å². The number of aromatic amines is 1. The molecule has 0 aromatic carbocycles. The Labute approximate surface area is 126 Å². The summed E-state index contributed by atoms with van der Waals surface area (Å²) in [6.45, 7) is 1.61. The Bertz CT molecular complexity index is 850. The molecule has 0 amide bonds. The van der Waals surface area contributed by atoms with Crippen LogP contribution in [-0.2, 0) is 0 Å². The summed E-state index contributed by atoms with van der Waals surface area (Å²) in [6, 6.07) is 7.87. The fraction of sp³-hybridized carbons (Fsp3) is 0.267. The molecule has 7 nitrogen and oxygen atoms in total. The second-order valence-electron chi connectivity index (χ2n) is 5.32. The highest BCUT2D eigenvalue weighted by atomic mass is 15.2. The average Bonchev–Trinajstić information content (AvgIpc) is 3.24. The van der Waals surface area contributed by atoms with Gasteiger partial charge in [-0.3, -0.25) is 5.10 Å². The molecule has 1 N–H and O–H groups in total. The zero-order chi connectivity index (χ0) is 14.9. The lowest BCUT2D eigenvalue weighted by atomic mass is 10.1. The Hall–Kier alpha value is -3.01. The van der Waals surface area contributed by atoms with Crippen molar-refractivity contribution in [1.29, 1.82) is 5.26 Å². The molecule has 4 rings (SSSR count). The van der Waals surface area contributed by atoms with Crippen LogP contribution in [0.3, 0.4) is 0 Å². The van der Waals surface area contributed by atoms with E-state index in [1.807, 2.05) is 18.2 Å². The molecular weight excluding hydrogens is 278 g/mol. The molecule has 1 fully saturated rings. The Balaban J connectivity index is 1.70. The summed E-state index contributed by atoms with van der Waals surface area (Å²) in [5, 5.41) is 17.1. The first-order valence-corrected chi connectivity index (χ1v) is 7.11. The number of hydrogen-bond acceptors (Lipinski definition) is 6. The number of H-pyrrole nitrogens is 1. The molecule has 22 heavy (non-hydrogen) atoms. The summed E-state index contributed by atoms with van der Waals surface area (Å²) in [6.07, 6.45) is 4.20. The van der Waals surface area contributed by atoms with Gasteiger partial charge in [-0.15, -0.1) is 0 Å². The van der Waals surface area contributed by atoms with Crippen LogP contribution in [0, 0.1) is 11.3 Å². The van der Waals surface area contributed by atoms with E-state index in [-0.39, 0.29) is 5.92 Å². The molecule has 1 atom stereocenters. The van der Waals surface area contributed by atoms with E-state index in [0.29, 0.717) is 17.0 Å². The van der Waals surface area contributed by atoms with Crippen molar-refractivity contribution in [2.75, 3.05) is 18.0 Å². The lowest BCUT2D eigenvalue weighted by Gasteiger charge is -2.18. The quantitative estimate of drug-likeness (QED) is 0.771. The average molecular weight is 291 g/mol. The van der Waals surface area contributed by atoms with Crippen molar-refractivity contribution in [1.82, 2.24) is 25.1 Å². The van der Waals surface area contributed by atoms with Crippen molar-refractivity contribution in [3.8, 4) is 6.07 Å². The van der Waals surface area contributed by atoms with Gasteiger partial charge in [0.15, 0.2) is 5.65 Å². The standard InChI is InChI=1S/C15H13N7/c16-7-12-6-10-2-1-4-17-13(10)20-15(12)22-5-3-11(8-22)14-18-9-19-21-14/h1-2,4,6,9,11H,3,5,8H2,(H,18,19,21). The highest BCUT2D eigenvalue weighted by molar-refractivity contribution is 5.79. The minimum absolute atomic E-state index is 0.287. The van der Waals surface area contributed by atoms with Crippen LogP contribution in [-0.4, -0.2) is 38.2 Å². The molecule has 1 saturated heterocycles. The van der Waals surface area contributed by atoms with Crippen molar-refractivity contribution in [2.24, 2.45) is 0 Å². The number of rotatable bonds is 2. The predicted molar refractivity (Wildman–Crippen MR) is 80.2 cm³/mol. The molecule has 0 radical (unpaired) electrons. The van der Waals surface area contributed by atoms with E-state index < -0.39 is 0 Å². The van der Waals surface area contributed by atoms with Crippen LogP contribution < -0.4 is 4.90 Å². The summed E-state index contributed by atoms with van der Waals surface area (Å²) in [5.74, 6) is 1.88. The van der Waals surface area contributed by atoms with Gasteiger partial charge in [-0.2, -0.15) is 10.4 Å². The Morgan fingerprint density at radius 2 is 2.32 bits per heavy atom. The van der Waals surface area contributed by atoms with Crippen LogP contribution in [0.5, 0.6) is 0 Å². The summed E-state index contributed by atoms with van der Waals surface area (Å²) < 4.78 is 0. The third-order valence-electron chi connectivity index (χ3n) is 4.00. The monoisotopic (exact) mass is 291 g/mol. The molecule has 0 spiro atoms. The molecule has 1 aliphatic heterocycles. The maximum Gasteiger partial charge on any atom is 0.161 e. The van der Waals surface area contributed by atoms with Gasteiger partial charge in [0.1, 0.15) is 24.0 Å². The van der Waals surface area contributed by atoms with Gasteiger partial charge >= 0.3 is 0 Å². The molecule has 1 aliphatic rings. The zero-order valence-corrected chi connectivity index (χ0v) is 11.8. The molecule has 4 heterocycles. The van der Waals surface area contributed by atoms with E-state index in [1.54, 1.807) is 6.20 Å². The van der Waals surface area contributed by atoms with E-state index in [1.165, 1.54) is 6.33 Å². The van der Waals surface area contributed by atoms with E-state index in [9.17, 15) is 5.26 Å². The van der Waals surface area contributed by atoms with Crippen LogP contribution in [0.1, 0.15) is 23.7 Å². The van der Waals surface area contributed by atoms with E-state index in [4.69, 9.17) is 0 Å². The Morgan fingerprint density at radius 3 is 3.14 bits per heavy atom. The molecule has 1 unspecified atom stereocenters. The van der Waals surface area contributed by atoms with Crippen molar-refractivity contribution >= 4 is 16.9 Å². The smallest absolute Gasteiger partial charge is 0.161 e. The minimum Gasteiger partial charge on any atom is -0.355 e. The number of fused-ring (bicyclic) bond motifs is 1. The van der Waals surface area contributed by atoms with Crippen molar-refractivity contribution in [3.63, 3.8) is 0 Å². The van der Waals surface area contributed by atoms with Gasteiger partial charge in [0.25, 0.3) is 0 Å². The van der Waals surface area contributed by atoms with E-state index in [2.05, 4.69) is 36.1 Å². The molecule has 0 bridgehead atoms. The number of anilines is 1. The van der Waals surface area contributed by atoms with Crippen LogP contribution in [0.25, 0.3) is 11.0 Å². The second-order valence-corrected chi connectivity index (χ2v) is 5.32. The number of nitrogens with zero attached hydrogens (tertiary/aromatic N) is 6. The van der Waals surface area contributed by atoms with Gasteiger partial charge in [0.05, 0.1) is 5.56 Å². The maximum absolute atomic E-state index is 9.42. The number of nitrogens with one attached hydrogen (secondary N) is 1. The first kappa shape index (κ1) is 12.7. The molecule has 3 aromatic rings. The van der Waals surface area contributed by atoms with Gasteiger partial charge in [-0.05, 0) is 24.6 Å². The topological polar surface area (TPSA) is 94.4 Å². The fourth-order valence-corrected chi connectivity index (χ4v) is 2.91. The largest absolute Gasteiger partial charge is 0.355 e. The summed E-state index contributed by atoms with van der Waals surface area (Å²) in [5.41, 5.74) is 1.25. The third-order valence-corrected chi connectivity index (χ3v) is 4.00. The first-order valence-electron chi connectivity index (χ1n) is 7.11. The number of nitriles is 1. The highest BCUT2D eigenvalue weighted by Gasteiger charge is 2.28. The second kappa shape index (κ2) is 5.07. The third kappa shape index (κ3) is 2.05. The van der Waals surface area contributed by atoms with Crippen molar-refractivity contribution < 1.29 is 0 Å². The Morgan fingerprint density at radius 1 is 1.36 bits per heavy atom. The summed E-state index contributed by atoms with van der Waals surface area (Å²) in [4.78, 5) is 15.2. The normalized spacial score (nSPS) is 17.8. The number of aromatic nitrogens is 5. The summed E-state index contributed by atoms with van der Waals surface area (Å²) >= 11 is 0. The predicted octanol–water partition coefficient (Wildman–Crippen LogP) is 1.61. The van der Waals surface area contributed by atoms with E-state index >= 15 is 0 Å². The number of pyridine rings is 2. The molecule has 108 valence electrons. The number of hydrogen-bond donors (Lipinski definition) is 1. The lowest BCUT2D eigenvalue weighted by Crippen LogP contribution is -2.22. The van der Waals surface area contributed by atoms with Gasteiger partial charge in [-0.1, -0.05) is 0 Å². The molecular formula is C15H13N7. The van der Waals surface area contributed by atoms with Crippen LogP contribution in [0.15, 0.2) is 30.7 Å². The summed E-state index contributed by atoms with van der Waals surface area (Å²) in [7, 11) is 0. The van der Waals surface area contributed by atoms with Gasteiger partial charge in [0, 0.05) is 30.6 Å². The van der Waals surface area contributed by atoms with Crippen LogP contribution in [0.4, 0.5) is 5.82 Å². The fourth-order valence-electron chi connectivity index (χ4n) is 2.91. The van der Waals surface area contributed by atoms with E-state index in [0.717, 1.165) is 30.7 Å². The minimum atomic E-state index is 0.287. The Kier molecular flexibility index (Phi) is 2.93. The maximum atomic E-state index is 9.42. The van der Waals surface area contributed by atoms with Gasteiger partial charge < -0.3 is 4.90 Å². The van der Waals surface area contributed by atoms with Crippen LogP contribution >= 0.6 is 0 Å². The molecule has 0 aliphatic carbocycles. The molecule has 0 saturated carbocycles. The highest BCUT2D eigenvalue weighted by Crippen LogP contribution is 2.30. The van der Waals surface area contributed by atoms with Crippen molar-refractivity contribution in [3.05, 3.63) is 42.1 Å². The van der Waals surface area contributed by atoms with Crippen LogP contribution in [0.2, 0.25) is 0 Å². The molecule has 3 aromatic heterocycles. The first-order chi connectivity index (χ1) is 10.8. The lowest BCUT2D eigenvalue weighted by molar-refractivity contribution is 0.713. The SMILES string of the molecule is N#Cc1cc2cccnc2nc1N1CCC(c2ncn[nH]2)C1. The van der Waals surface area contributed by atoms with Gasteiger partial charge in [0.2, 0.25) is 0 Å².